The van der Waals surface area contributed by atoms with Crippen molar-refractivity contribution in [3.63, 3.8) is 0 Å². The van der Waals surface area contributed by atoms with Crippen molar-refractivity contribution in [2.75, 3.05) is 13.2 Å². The molecule has 5 nitrogen and oxygen atoms in total. The van der Waals surface area contributed by atoms with Crippen LogP contribution in [0.5, 0.6) is 0 Å². The SMILES string of the molecule is O=C(O)c1ccc(C(=O)N2CCOC3CCCC32)s1. The number of morpholine rings is 1. The number of amides is 1. The first-order chi connectivity index (χ1) is 9.16. The van der Waals surface area contributed by atoms with Crippen molar-refractivity contribution < 1.29 is 19.4 Å². The van der Waals surface area contributed by atoms with Gasteiger partial charge >= 0.3 is 5.97 Å². The number of hydrogen-bond acceptors (Lipinski definition) is 4. The van der Waals surface area contributed by atoms with E-state index in [2.05, 4.69) is 0 Å². The minimum atomic E-state index is -0.982. The Labute approximate surface area is 114 Å². The third-order valence-corrected chi connectivity index (χ3v) is 4.83. The fourth-order valence-electron chi connectivity index (χ4n) is 2.89. The molecule has 0 spiro atoms. The first-order valence-corrected chi connectivity index (χ1v) is 7.24. The number of aromatic carboxylic acids is 1. The molecular weight excluding hydrogens is 266 g/mol. The van der Waals surface area contributed by atoms with Crippen molar-refractivity contribution in [2.24, 2.45) is 0 Å². The summed E-state index contributed by atoms with van der Waals surface area (Å²) >= 11 is 1.05. The Kier molecular flexibility index (Phi) is 3.28. The van der Waals surface area contributed by atoms with Crippen LogP contribution in [0.2, 0.25) is 0 Å². The number of hydrogen-bond donors (Lipinski definition) is 1. The molecule has 1 saturated heterocycles. The van der Waals surface area contributed by atoms with Crippen molar-refractivity contribution >= 4 is 23.2 Å². The van der Waals surface area contributed by atoms with Crippen LogP contribution in [0.1, 0.15) is 38.6 Å². The number of carboxylic acids is 1. The highest BCUT2D eigenvalue weighted by molar-refractivity contribution is 7.15. The molecule has 2 heterocycles. The molecule has 3 rings (SSSR count). The maximum absolute atomic E-state index is 12.5. The summed E-state index contributed by atoms with van der Waals surface area (Å²) in [5.74, 6) is -1.04. The van der Waals surface area contributed by atoms with Gasteiger partial charge in [-0.05, 0) is 31.4 Å². The van der Waals surface area contributed by atoms with E-state index in [1.54, 1.807) is 6.07 Å². The Balaban J connectivity index is 1.80. The van der Waals surface area contributed by atoms with E-state index >= 15 is 0 Å². The third-order valence-electron chi connectivity index (χ3n) is 3.77. The van der Waals surface area contributed by atoms with Gasteiger partial charge in [0.1, 0.15) is 4.88 Å². The van der Waals surface area contributed by atoms with Crippen LogP contribution >= 0.6 is 11.3 Å². The van der Waals surface area contributed by atoms with E-state index in [1.165, 1.54) is 6.07 Å². The van der Waals surface area contributed by atoms with E-state index in [1.807, 2.05) is 4.90 Å². The second-order valence-corrected chi connectivity index (χ2v) is 5.96. The summed E-state index contributed by atoms with van der Waals surface area (Å²) in [6.45, 7) is 1.17. The molecule has 0 aromatic carbocycles. The monoisotopic (exact) mass is 281 g/mol. The normalized spacial score (nSPS) is 26.2. The first kappa shape index (κ1) is 12.6. The van der Waals surface area contributed by atoms with Gasteiger partial charge in [-0.3, -0.25) is 4.79 Å². The molecule has 1 N–H and O–H groups in total. The number of ether oxygens (including phenoxy) is 1. The fourth-order valence-corrected chi connectivity index (χ4v) is 3.69. The smallest absolute Gasteiger partial charge is 0.345 e. The Bertz CT molecular complexity index is 512. The summed E-state index contributed by atoms with van der Waals surface area (Å²) in [4.78, 5) is 25.9. The van der Waals surface area contributed by atoms with Crippen LogP contribution < -0.4 is 0 Å². The summed E-state index contributed by atoms with van der Waals surface area (Å²) < 4.78 is 5.68. The number of thiophene rings is 1. The molecule has 1 aliphatic carbocycles. The van der Waals surface area contributed by atoms with Gasteiger partial charge in [-0.25, -0.2) is 4.79 Å². The van der Waals surface area contributed by atoms with Gasteiger partial charge in [-0.1, -0.05) is 0 Å². The van der Waals surface area contributed by atoms with Crippen LogP contribution in [0.25, 0.3) is 0 Å². The predicted molar refractivity (Wildman–Crippen MR) is 69.7 cm³/mol. The van der Waals surface area contributed by atoms with E-state index in [0.29, 0.717) is 18.0 Å². The Morgan fingerprint density at radius 2 is 2.11 bits per heavy atom. The summed E-state index contributed by atoms with van der Waals surface area (Å²) in [5.41, 5.74) is 0. The van der Waals surface area contributed by atoms with Crippen LogP contribution in [0.15, 0.2) is 12.1 Å². The van der Waals surface area contributed by atoms with Gasteiger partial charge < -0.3 is 14.7 Å². The number of rotatable bonds is 2. The summed E-state index contributed by atoms with van der Waals surface area (Å²) in [6, 6.07) is 3.26. The van der Waals surface area contributed by atoms with Gasteiger partial charge in [0.2, 0.25) is 0 Å². The maximum Gasteiger partial charge on any atom is 0.345 e. The molecule has 1 amide bonds. The van der Waals surface area contributed by atoms with Crippen LogP contribution in [-0.2, 0) is 4.74 Å². The topological polar surface area (TPSA) is 66.8 Å². The molecular formula is C13H15NO4S. The van der Waals surface area contributed by atoms with Crippen molar-refractivity contribution in [3.8, 4) is 0 Å². The zero-order valence-corrected chi connectivity index (χ0v) is 11.2. The molecule has 1 aromatic heterocycles. The number of carboxylic acid groups (broad SMARTS) is 1. The summed E-state index contributed by atoms with van der Waals surface area (Å²) in [5, 5.41) is 8.91. The van der Waals surface area contributed by atoms with Crippen molar-refractivity contribution in [3.05, 3.63) is 21.9 Å². The maximum atomic E-state index is 12.5. The highest BCUT2D eigenvalue weighted by Crippen LogP contribution is 2.31. The quantitative estimate of drug-likeness (QED) is 0.898. The highest BCUT2D eigenvalue weighted by atomic mass is 32.1. The summed E-state index contributed by atoms with van der Waals surface area (Å²) in [7, 11) is 0. The van der Waals surface area contributed by atoms with Gasteiger partial charge in [0.25, 0.3) is 5.91 Å². The van der Waals surface area contributed by atoms with Gasteiger partial charge in [0.15, 0.2) is 0 Å². The molecule has 1 saturated carbocycles. The lowest BCUT2D eigenvalue weighted by atomic mass is 10.1. The van der Waals surface area contributed by atoms with E-state index in [9.17, 15) is 9.59 Å². The zero-order chi connectivity index (χ0) is 13.4. The molecule has 0 bridgehead atoms. The molecule has 19 heavy (non-hydrogen) atoms. The first-order valence-electron chi connectivity index (χ1n) is 6.42. The van der Waals surface area contributed by atoms with Crippen LogP contribution in [0, 0.1) is 0 Å². The third kappa shape index (κ3) is 2.26. The van der Waals surface area contributed by atoms with Gasteiger partial charge in [0, 0.05) is 6.54 Å². The molecule has 2 fully saturated rings. The number of fused-ring (bicyclic) bond motifs is 1. The van der Waals surface area contributed by atoms with Crippen molar-refractivity contribution in [2.45, 2.75) is 31.4 Å². The van der Waals surface area contributed by atoms with Crippen LogP contribution in [0.3, 0.4) is 0 Å². The number of carbonyl (C=O) groups excluding carboxylic acids is 1. The minimum absolute atomic E-state index is 0.0577. The molecule has 6 heteroatoms. The van der Waals surface area contributed by atoms with Gasteiger partial charge in [-0.2, -0.15) is 0 Å². The van der Waals surface area contributed by atoms with Crippen molar-refractivity contribution in [1.29, 1.82) is 0 Å². The average Bonchev–Trinajstić information content (AvgIpc) is 3.06. The number of nitrogens with zero attached hydrogens (tertiary/aromatic N) is 1. The van der Waals surface area contributed by atoms with Gasteiger partial charge in [-0.15, -0.1) is 11.3 Å². The highest BCUT2D eigenvalue weighted by Gasteiger charge is 2.38. The fraction of sp³-hybridized carbons (Fsp3) is 0.538. The minimum Gasteiger partial charge on any atom is -0.477 e. The van der Waals surface area contributed by atoms with Gasteiger partial charge in [0.05, 0.1) is 23.6 Å². The zero-order valence-electron chi connectivity index (χ0n) is 10.4. The molecule has 0 radical (unpaired) electrons. The van der Waals surface area contributed by atoms with E-state index in [-0.39, 0.29) is 22.9 Å². The van der Waals surface area contributed by atoms with E-state index < -0.39 is 5.97 Å². The number of carbonyl (C=O) groups is 2. The van der Waals surface area contributed by atoms with E-state index in [0.717, 1.165) is 30.6 Å². The predicted octanol–water partition coefficient (Wildman–Crippen LogP) is 1.84. The molecule has 1 aromatic rings. The standard InChI is InChI=1S/C13H15NO4S/c15-12(10-4-5-11(19-10)13(16)17)14-6-7-18-9-3-1-2-8(9)14/h4-5,8-9H,1-3,6-7H2,(H,16,17). The molecule has 102 valence electrons. The molecule has 2 atom stereocenters. The molecule has 2 unspecified atom stereocenters. The summed E-state index contributed by atoms with van der Waals surface area (Å²) in [6.07, 6.45) is 3.24. The average molecular weight is 281 g/mol. The largest absolute Gasteiger partial charge is 0.477 e. The lowest BCUT2D eigenvalue weighted by Gasteiger charge is -2.37. The van der Waals surface area contributed by atoms with E-state index in [4.69, 9.17) is 9.84 Å². The lowest BCUT2D eigenvalue weighted by molar-refractivity contribution is -0.0443. The Hall–Kier alpha value is -1.40. The lowest BCUT2D eigenvalue weighted by Crippen LogP contribution is -2.51. The van der Waals surface area contributed by atoms with Crippen LogP contribution in [0.4, 0.5) is 0 Å². The molecule has 1 aliphatic heterocycles. The Morgan fingerprint density at radius 3 is 2.84 bits per heavy atom. The van der Waals surface area contributed by atoms with Crippen LogP contribution in [-0.4, -0.2) is 47.2 Å². The second-order valence-electron chi connectivity index (χ2n) is 4.88. The second kappa shape index (κ2) is 4.94. The molecule has 2 aliphatic rings. The van der Waals surface area contributed by atoms with Crippen molar-refractivity contribution in [1.82, 2.24) is 4.90 Å². The Morgan fingerprint density at radius 1 is 1.32 bits per heavy atom.